The van der Waals surface area contributed by atoms with Crippen molar-refractivity contribution in [3.8, 4) is 0 Å². The van der Waals surface area contributed by atoms with Gasteiger partial charge in [0, 0.05) is 12.5 Å². The van der Waals surface area contributed by atoms with E-state index in [4.69, 9.17) is 5.73 Å². The molecule has 1 aliphatic heterocycles. The highest BCUT2D eigenvalue weighted by atomic mass is 16.2. The summed E-state index contributed by atoms with van der Waals surface area (Å²) < 4.78 is 2.09. The van der Waals surface area contributed by atoms with Crippen molar-refractivity contribution in [2.75, 3.05) is 13.1 Å². The number of nitrogens with two attached hydrogens (primary N) is 1. The minimum Gasteiger partial charge on any atom is -0.352 e. The summed E-state index contributed by atoms with van der Waals surface area (Å²) in [5.41, 5.74) is 4.96. The van der Waals surface area contributed by atoms with E-state index in [0.717, 1.165) is 11.6 Å². The van der Waals surface area contributed by atoms with Gasteiger partial charge in [-0.25, -0.2) is 4.79 Å². The van der Waals surface area contributed by atoms with Crippen LogP contribution in [0.3, 0.4) is 0 Å². The Bertz CT molecular complexity index is 524. The van der Waals surface area contributed by atoms with Gasteiger partial charge in [0.2, 0.25) is 5.91 Å². The predicted octanol–water partition coefficient (Wildman–Crippen LogP) is -0.0270. The standard InChI is InChI=1S/C12H20N6O2/c1-7(2)11-16-15-9-6-17(5-8(3)18(9)11)10(19)4-14-12(13)20/h7-8H,4-6H2,1-3H3,(H3,13,14,20)/t8-/m0/s1. The van der Waals surface area contributed by atoms with Crippen LogP contribution in [0, 0.1) is 0 Å². The molecular weight excluding hydrogens is 260 g/mol. The van der Waals surface area contributed by atoms with E-state index in [-0.39, 0.29) is 24.4 Å². The van der Waals surface area contributed by atoms with Gasteiger partial charge in [0.1, 0.15) is 5.82 Å². The Morgan fingerprint density at radius 3 is 2.75 bits per heavy atom. The maximum absolute atomic E-state index is 12.0. The van der Waals surface area contributed by atoms with Crippen molar-refractivity contribution >= 4 is 11.9 Å². The molecule has 2 rings (SSSR count). The van der Waals surface area contributed by atoms with E-state index in [1.807, 2.05) is 6.92 Å². The van der Waals surface area contributed by atoms with Gasteiger partial charge in [-0.15, -0.1) is 10.2 Å². The van der Waals surface area contributed by atoms with Gasteiger partial charge in [-0.3, -0.25) is 4.79 Å². The zero-order valence-corrected chi connectivity index (χ0v) is 12.0. The predicted molar refractivity (Wildman–Crippen MR) is 71.8 cm³/mol. The number of hydrogen-bond acceptors (Lipinski definition) is 4. The quantitative estimate of drug-likeness (QED) is 0.811. The smallest absolute Gasteiger partial charge is 0.312 e. The van der Waals surface area contributed by atoms with Crippen LogP contribution in [0.5, 0.6) is 0 Å². The second-order valence-electron chi connectivity index (χ2n) is 5.34. The fourth-order valence-corrected chi connectivity index (χ4v) is 2.42. The number of carbonyl (C=O) groups excluding carboxylic acids is 2. The minimum atomic E-state index is -0.700. The van der Waals surface area contributed by atoms with Gasteiger partial charge in [0.25, 0.3) is 0 Å². The van der Waals surface area contributed by atoms with Crippen LogP contribution in [0.1, 0.15) is 44.4 Å². The van der Waals surface area contributed by atoms with Crippen LogP contribution in [0.15, 0.2) is 0 Å². The average molecular weight is 280 g/mol. The number of hydrogen-bond donors (Lipinski definition) is 2. The summed E-state index contributed by atoms with van der Waals surface area (Å²) in [5.74, 6) is 1.84. The number of amides is 3. The first-order valence-electron chi connectivity index (χ1n) is 6.65. The van der Waals surface area contributed by atoms with Crippen LogP contribution < -0.4 is 11.1 Å². The number of fused-ring (bicyclic) bond motifs is 1. The number of rotatable bonds is 3. The Kier molecular flexibility index (Phi) is 3.91. The molecule has 3 N–H and O–H groups in total. The molecule has 110 valence electrons. The minimum absolute atomic E-state index is 0.0901. The molecule has 0 aliphatic carbocycles. The molecule has 8 nitrogen and oxygen atoms in total. The summed E-state index contributed by atoms with van der Waals surface area (Å²) in [6, 6.07) is -0.586. The van der Waals surface area contributed by atoms with Crippen LogP contribution in [0.25, 0.3) is 0 Å². The molecule has 20 heavy (non-hydrogen) atoms. The SMILES string of the molecule is CC(C)c1nnc2n1[C@@H](C)CN(C(=O)CNC(N)=O)C2. The Labute approximate surface area is 117 Å². The maximum Gasteiger partial charge on any atom is 0.312 e. The third kappa shape index (κ3) is 2.73. The summed E-state index contributed by atoms with van der Waals surface area (Å²) in [7, 11) is 0. The summed E-state index contributed by atoms with van der Waals surface area (Å²) in [6.07, 6.45) is 0. The van der Waals surface area contributed by atoms with Crippen molar-refractivity contribution in [2.45, 2.75) is 39.3 Å². The second-order valence-corrected chi connectivity index (χ2v) is 5.34. The lowest BCUT2D eigenvalue weighted by atomic mass is 10.1. The molecule has 0 saturated heterocycles. The number of carbonyl (C=O) groups is 2. The van der Waals surface area contributed by atoms with E-state index >= 15 is 0 Å². The van der Waals surface area contributed by atoms with Gasteiger partial charge in [0.05, 0.1) is 19.1 Å². The van der Waals surface area contributed by atoms with Crippen molar-refractivity contribution in [3.05, 3.63) is 11.6 Å². The second kappa shape index (κ2) is 5.48. The van der Waals surface area contributed by atoms with Crippen molar-refractivity contribution in [1.29, 1.82) is 0 Å². The van der Waals surface area contributed by atoms with Crippen molar-refractivity contribution in [1.82, 2.24) is 25.0 Å². The monoisotopic (exact) mass is 280 g/mol. The van der Waals surface area contributed by atoms with Crippen molar-refractivity contribution in [2.24, 2.45) is 5.73 Å². The highest BCUT2D eigenvalue weighted by molar-refractivity contribution is 5.83. The van der Waals surface area contributed by atoms with Gasteiger partial charge < -0.3 is 20.5 Å². The van der Waals surface area contributed by atoms with Crippen LogP contribution in [-0.2, 0) is 11.3 Å². The molecule has 0 bridgehead atoms. The maximum atomic E-state index is 12.0. The number of primary amides is 1. The first kappa shape index (κ1) is 14.3. The third-order valence-electron chi connectivity index (χ3n) is 3.33. The topological polar surface area (TPSA) is 106 Å². The molecule has 0 unspecified atom stereocenters. The van der Waals surface area contributed by atoms with Crippen LogP contribution in [0.2, 0.25) is 0 Å². The summed E-state index contributed by atoms with van der Waals surface area (Å²) in [6.45, 7) is 7.05. The molecule has 3 amide bonds. The van der Waals surface area contributed by atoms with E-state index < -0.39 is 6.03 Å². The fraction of sp³-hybridized carbons (Fsp3) is 0.667. The van der Waals surface area contributed by atoms with E-state index in [1.54, 1.807) is 4.90 Å². The van der Waals surface area contributed by atoms with Gasteiger partial charge >= 0.3 is 6.03 Å². The molecule has 0 radical (unpaired) electrons. The lowest BCUT2D eigenvalue weighted by Gasteiger charge is -2.33. The number of urea groups is 1. The summed E-state index contributed by atoms with van der Waals surface area (Å²) in [5, 5.41) is 10.7. The van der Waals surface area contributed by atoms with Crippen LogP contribution >= 0.6 is 0 Å². The van der Waals surface area contributed by atoms with Gasteiger partial charge in [-0.05, 0) is 6.92 Å². The molecule has 0 saturated carbocycles. The Balaban J connectivity index is 2.12. The highest BCUT2D eigenvalue weighted by Crippen LogP contribution is 2.24. The van der Waals surface area contributed by atoms with Gasteiger partial charge in [-0.1, -0.05) is 13.8 Å². The van der Waals surface area contributed by atoms with E-state index in [0.29, 0.717) is 13.1 Å². The Morgan fingerprint density at radius 2 is 2.15 bits per heavy atom. The molecule has 0 fully saturated rings. The lowest BCUT2D eigenvalue weighted by molar-refractivity contribution is -0.132. The van der Waals surface area contributed by atoms with Gasteiger partial charge in [0.15, 0.2) is 5.82 Å². The summed E-state index contributed by atoms with van der Waals surface area (Å²) >= 11 is 0. The Hall–Kier alpha value is -2.12. The number of aromatic nitrogens is 3. The molecule has 0 aromatic carbocycles. The fourth-order valence-electron chi connectivity index (χ4n) is 2.42. The molecule has 1 aromatic heterocycles. The first-order valence-corrected chi connectivity index (χ1v) is 6.65. The average Bonchev–Trinajstić information content (AvgIpc) is 2.80. The third-order valence-corrected chi connectivity index (χ3v) is 3.33. The van der Waals surface area contributed by atoms with Crippen molar-refractivity contribution < 1.29 is 9.59 Å². The molecule has 0 spiro atoms. The summed E-state index contributed by atoms with van der Waals surface area (Å²) in [4.78, 5) is 24.3. The number of nitrogens with one attached hydrogen (secondary N) is 1. The van der Waals surface area contributed by atoms with E-state index in [9.17, 15) is 9.59 Å². The van der Waals surface area contributed by atoms with E-state index in [1.165, 1.54) is 0 Å². The lowest BCUT2D eigenvalue weighted by Crippen LogP contribution is -2.46. The van der Waals surface area contributed by atoms with Gasteiger partial charge in [-0.2, -0.15) is 0 Å². The Morgan fingerprint density at radius 1 is 1.45 bits per heavy atom. The molecule has 8 heteroatoms. The highest BCUT2D eigenvalue weighted by Gasteiger charge is 2.29. The van der Waals surface area contributed by atoms with E-state index in [2.05, 4.69) is 33.9 Å². The molecule has 1 atom stereocenters. The largest absolute Gasteiger partial charge is 0.352 e. The zero-order chi connectivity index (χ0) is 14.9. The van der Waals surface area contributed by atoms with Crippen molar-refractivity contribution in [3.63, 3.8) is 0 Å². The zero-order valence-electron chi connectivity index (χ0n) is 12.0. The molecule has 1 aromatic rings. The molecule has 1 aliphatic rings. The van der Waals surface area contributed by atoms with Crippen LogP contribution in [0.4, 0.5) is 4.79 Å². The normalized spacial score (nSPS) is 18.0. The first-order chi connectivity index (χ1) is 9.40. The molecular formula is C12H20N6O2. The number of nitrogens with zero attached hydrogens (tertiary/aromatic N) is 4. The van der Waals surface area contributed by atoms with Crippen LogP contribution in [-0.4, -0.2) is 44.7 Å². The molecule has 2 heterocycles.